The SMILES string of the molecule is COC(COc1ccc(C)cc1-c1cc(C(C)(C)CC(C)(C)C)cc(-n2c3ccc(C(C)(C)C)cc3c3cc(C(C)(C)C)ccc32)c1O)COc1ccc(C)cc1-c1cc(C(C)(C)CC(C)(C)C)cc(-n2c3ccc(C(C)(C)C)cc3c3cc(C(C)(C)C)ccc32)c1O. The first-order valence-electron chi connectivity index (χ1n) is 33.9. The van der Waals surface area contributed by atoms with Gasteiger partial charge < -0.3 is 33.6 Å². The number of nitrogens with zero attached hydrogens (tertiary/aromatic N) is 2. The van der Waals surface area contributed by atoms with Crippen molar-refractivity contribution in [3.63, 3.8) is 0 Å². The van der Waals surface area contributed by atoms with E-state index < -0.39 is 6.10 Å². The molecule has 0 saturated heterocycles. The molecule has 0 bridgehead atoms. The first-order valence-corrected chi connectivity index (χ1v) is 33.9. The number of aryl methyl sites for hydroxylation is 2. The molecule has 2 N–H and O–H groups in total. The summed E-state index contributed by atoms with van der Waals surface area (Å²) >= 11 is 0. The van der Waals surface area contributed by atoms with Crippen LogP contribution in [-0.2, 0) is 37.2 Å². The minimum atomic E-state index is -0.516. The lowest BCUT2D eigenvalue weighted by atomic mass is 9.71. The van der Waals surface area contributed by atoms with Crippen LogP contribution in [0.5, 0.6) is 23.0 Å². The van der Waals surface area contributed by atoms with Gasteiger partial charge in [0, 0.05) is 50.9 Å². The lowest BCUT2D eigenvalue weighted by Gasteiger charge is -2.34. The van der Waals surface area contributed by atoms with Crippen LogP contribution in [0.3, 0.4) is 0 Å². The average Bonchev–Trinajstić information content (AvgIpc) is 1.61. The predicted molar refractivity (Wildman–Crippen MR) is 396 cm³/mol. The summed E-state index contributed by atoms with van der Waals surface area (Å²) in [6.45, 7) is 54.8. The van der Waals surface area contributed by atoms with Gasteiger partial charge in [-0.25, -0.2) is 0 Å². The minimum Gasteiger partial charge on any atom is -0.505 e. The number of methoxy groups -OCH3 is 1. The zero-order valence-corrected chi connectivity index (χ0v) is 61.1. The Morgan fingerprint density at radius 2 is 0.634 bits per heavy atom. The number of hydrogen-bond acceptors (Lipinski definition) is 5. The van der Waals surface area contributed by atoms with Gasteiger partial charge in [0.2, 0.25) is 0 Å². The predicted octanol–water partition coefficient (Wildman–Crippen LogP) is 23.3. The number of phenols is 2. The third-order valence-corrected chi connectivity index (χ3v) is 19.2. The fraction of sp³-hybridized carbons (Fsp3) is 0.442. The van der Waals surface area contributed by atoms with E-state index in [0.29, 0.717) is 22.6 Å². The molecule has 0 atom stereocenters. The highest BCUT2D eigenvalue weighted by Gasteiger charge is 2.34. The van der Waals surface area contributed by atoms with Gasteiger partial charge >= 0.3 is 0 Å². The smallest absolute Gasteiger partial charge is 0.147 e. The highest BCUT2D eigenvalue weighted by molar-refractivity contribution is 6.11. The Balaban J connectivity index is 1.06. The summed E-state index contributed by atoms with van der Waals surface area (Å²) in [6, 6.07) is 48.7. The van der Waals surface area contributed by atoms with Gasteiger partial charge in [-0.1, -0.05) is 200 Å². The van der Waals surface area contributed by atoms with Crippen molar-refractivity contribution in [1.29, 1.82) is 0 Å². The number of rotatable bonds is 15. The molecule has 0 aliphatic carbocycles. The Morgan fingerprint density at radius 3 is 0.892 bits per heavy atom. The zero-order chi connectivity index (χ0) is 68.2. The standard InChI is InChI=1S/C86H108N2O5/c1-52-26-36-75(65(38-52)67-44-58(85(21,22)50-79(3,4)5)46-73(77(67)89)87-69-32-28-54(81(9,10)11)40-61(69)62-41-55(82(12,13)14)29-33-70(62)87)92-48-60(91-25)49-93-76-37-27-53(2)39-66(76)68-45-59(86(23,24)51-80(6,7)8)47-74(78(68)90)88-71-34-30-56(83(15,16)17)42-63(71)64-43-57(84(18,19)20)31-35-72(64)88/h26-47,60,89-90H,48-51H2,1-25H3. The van der Waals surface area contributed by atoms with Crippen molar-refractivity contribution in [2.75, 3.05) is 20.3 Å². The largest absolute Gasteiger partial charge is 0.505 e. The third kappa shape index (κ3) is 14.0. The Kier molecular flexibility index (Phi) is 17.7. The summed E-state index contributed by atoms with van der Waals surface area (Å²) < 4.78 is 24.8. The van der Waals surface area contributed by atoms with E-state index >= 15 is 0 Å². The molecule has 0 aliphatic rings. The van der Waals surface area contributed by atoms with Crippen molar-refractivity contribution in [3.05, 3.63) is 178 Å². The fourth-order valence-electron chi connectivity index (χ4n) is 14.6. The Hall–Kier alpha value is -7.48. The molecule has 492 valence electrons. The maximum atomic E-state index is 13.2. The van der Waals surface area contributed by atoms with Gasteiger partial charge in [-0.3, -0.25) is 0 Å². The molecule has 2 heterocycles. The molecule has 10 aromatic rings. The maximum Gasteiger partial charge on any atom is 0.147 e. The molecule has 10 rings (SSSR count). The van der Waals surface area contributed by atoms with E-state index in [1.165, 1.54) is 22.3 Å². The molecule has 8 aromatic carbocycles. The van der Waals surface area contributed by atoms with Crippen LogP contribution in [-0.4, -0.2) is 45.8 Å². The van der Waals surface area contributed by atoms with Crippen molar-refractivity contribution in [2.24, 2.45) is 10.8 Å². The third-order valence-electron chi connectivity index (χ3n) is 19.2. The second-order valence-corrected chi connectivity index (χ2v) is 35.1. The van der Waals surface area contributed by atoms with E-state index in [2.05, 4.69) is 297 Å². The van der Waals surface area contributed by atoms with Crippen molar-refractivity contribution in [2.45, 2.75) is 218 Å². The lowest BCUT2D eigenvalue weighted by molar-refractivity contribution is 0.0240. The monoisotopic (exact) mass is 1250 g/mol. The molecular weight excluding hydrogens is 1140 g/mol. The van der Waals surface area contributed by atoms with E-state index in [1.54, 1.807) is 7.11 Å². The number of fused-ring (bicyclic) bond motifs is 6. The lowest BCUT2D eigenvalue weighted by Crippen LogP contribution is -2.27. The summed E-state index contributed by atoms with van der Waals surface area (Å²) in [5.41, 5.74) is 17.2. The Morgan fingerprint density at radius 1 is 0.344 bits per heavy atom. The van der Waals surface area contributed by atoms with Crippen LogP contribution < -0.4 is 9.47 Å². The molecule has 7 nitrogen and oxygen atoms in total. The molecule has 2 aromatic heterocycles. The Labute approximate surface area is 557 Å². The number of aromatic hydroxyl groups is 2. The number of aromatic nitrogens is 2. The van der Waals surface area contributed by atoms with Gasteiger partial charge in [0.05, 0.1) is 33.4 Å². The minimum absolute atomic E-state index is 0.0211. The number of benzene rings is 8. The molecule has 0 aliphatic heterocycles. The molecule has 0 amide bonds. The van der Waals surface area contributed by atoms with E-state index in [1.807, 2.05) is 12.1 Å². The molecule has 7 heteroatoms. The second-order valence-electron chi connectivity index (χ2n) is 35.1. The fourth-order valence-corrected chi connectivity index (χ4v) is 14.6. The van der Waals surface area contributed by atoms with E-state index in [-0.39, 0.29) is 68.0 Å². The quantitative estimate of drug-likeness (QED) is 0.107. The van der Waals surface area contributed by atoms with Crippen molar-refractivity contribution < 1.29 is 24.4 Å². The summed E-state index contributed by atoms with van der Waals surface area (Å²) in [6.07, 6.45) is 1.31. The molecule has 0 saturated carbocycles. The maximum absolute atomic E-state index is 13.2. The molecule has 0 spiro atoms. The van der Waals surface area contributed by atoms with Crippen LogP contribution >= 0.6 is 0 Å². The molecular formula is C86H108N2O5. The van der Waals surface area contributed by atoms with Crippen LogP contribution in [0.4, 0.5) is 0 Å². The van der Waals surface area contributed by atoms with Gasteiger partial charge in [-0.15, -0.1) is 0 Å². The summed E-state index contributed by atoms with van der Waals surface area (Å²) in [7, 11) is 1.70. The number of hydrogen-bond donors (Lipinski definition) is 2. The van der Waals surface area contributed by atoms with Crippen LogP contribution in [0.2, 0.25) is 0 Å². The highest BCUT2D eigenvalue weighted by Crippen LogP contribution is 2.51. The molecule has 93 heavy (non-hydrogen) atoms. The average molecular weight is 1250 g/mol. The van der Waals surface area contributed by atoms with Gasteiger partial charge in [0.25, 0.3) is 0 Å². The van der Waals surface area contributed by atoms with E-state index in [9.17, 15) is 10.2 Å². The van der Waals surface area contributed by atoms with Crippen LogP contribution in [0.25, 0.3) is 77.2 Å². The van der Waals surface area contributed by atoms with Gasteiger partial charge in [0.1, 0.15) is 42.3 Å². The van der Waals surface area contributed by atoms with Crippen LogP contribution in [0.15, 0.2) is 133 Å². The first kappa shape index (κ1) is 68.4. The van der Waals surface area contributed by atoms with Crippen LogP contribution in [0, 0.1) is 24.7 Å². The van der Waals surface area contributed by atoms with E-state index in [4.69, 9.17) is 14.2 Å². The topological polar surface area (TPSA) is 78.0 Å². The second kappa shape index (κ2) is 24.1. The van der Waals surface area contributed by atoms with E-state index in [0.717, 1.165) is 101 Å². The zero-order valence-electron chi connectivity index (χ0n) is 61.1. The summed E-state index contributed by atoms with van der Waals surface area (Å²) in [5.74, 6) is 1.60. The normalized spacial score (nSPS) is 13.4. The van der Waals surface area contributed by atoms with Gasteiger partial charge in [-0.2, -0.15) is 0 Å². The summed E-state index contributed by atoms with van der Waals surface area (Å²) in [5, 5.41) is 31.1. The molecule has 0 radical (unpaired) electrons. The Bertz CT molecular complexity index is 4050. The number of phenolic OH excluding ortho intramolecular Hbond substituents is 2. The van der Waals surface area contributed by atoms with Gasteiger partial charge in [0.15, 0.2) is 0 Å². The molecule has 0 unspecified atom stereocenters. The van der Waals surface area contributed by atoms with Crippen molar-refractivity contribution in [1.82, 2.24) is 9.13 Å². The van der Waals surface area contributed by atoms with Crippen molar-refractivity contribution in [3.8, 4) is 56.6 Å². The number of ether oxygens (including phenoxy) is 3. The van der Waals surface area contributed by atoms with Crippen LogP contribution in [0.1, 0.15) is 210 Å². The first-order chi connectivity index (χ1) is 42.9. The highest BCUT2D eigenvalue weighted by atomic mass is 16.6. The molecule has 0 fully saturated rings. The summed E-state index contributed by atoms with van der Waals surface area (Å²) in [4.78, 5) is 0. The van der Waals surface area contributed by atoms with Gasteiger partial charge in [-0.05, 0) is 200 Å². The van der Waals surface area contributed by atoms with Crippen molar-refractivity contribution >= 4 is 43.6 Å².